The third-order valence-corrected chi connectivity index (χ3v) is 2.96. The minimum Gasteiger partial charge on any atom is -0.368 e. The third kappa shape index (κ3) is 1.99. The van der Waals surface area contributed by atoms with E-state index in [9.17, 15) is 0 Å². The maximum absolute atomic E-state index is 3.98. The number of rotatable bonds is 2. The van der Waals surface area contributed by atoms with Crippen molar-refractivity contribution in [2.24, 2.45) is 0 Å². The second-order valence-electron chi connectivity index (χ2n) is 4.00. The van der Waals surface area contributed by atoms with E-state index in [1.165, 1.54) is 5.69 Å². The summed E-state index contributed by atoms with van der Waals surface area (Å²) in [6, 6.07) is 8.21. The number of H-pyrrole nitrogens is 1. The summed E-state index contributed by atoms with van der Waals surface area (Å²) >= 11 is 0. The molecule has 6 heteroatoms. The number of nitrogens with zero attached hydrogens (tertiary/aromatic N) is 4. The van der Waals surface area contributed by atoms with Gasteiger partial charge in [0.25, 0.3) is 0 Å². The molecule has 1 aromatic carbocycles. The number of para-hydroxylation sites is 1. The molecular weight excluding hydrogens is 216 g/mol. The molecule has 1 saturated heterocycles. The number of aromatic amines is 1. The molecule has 3 rings (SSSR count). The summed E-state index contributed by atoms with van der Waals surface area (Å²) in [6.07, 6.45) is 0. The molecule has 1 fully saturated rings. The second-order valence-corrected chi connectivity index (χ2v) is 4.00. The van der Waals surface area contributed by atoms with E-state index in [-0.39, 0.29) is 0 Å². The van der Waals surface area contributed by atoms with Crippen LogP contribution >= 0.6 is 0 Å². The lowest BCUT2D eigenvalue weighted by molar-refractivity contribution is 0.589. The minimum absolute atomic E-state index is 0.721. The van der Waals surface area contributed by atoms with E-state index in [1.807, 2.05) is 18.2 Å². The van der Waals surface area contributed by atoms with E-state index < -0.39 is 0 Å². The van der Waals surface area contributed by atoms with Gasteiger partial charge in [-0.2, -0.15) is 0 Å². The fourth-order valence-electron chi connectivity index (χ4n) is 2.13. The normalized spacial score (nSPS) is 16.1. The Morgan fingerprint density at radius 3 is 2.71 bits per heavy atom. The summed E-state index contributed by atoms with van der Waals surface area (Å²) in [4.78, 5) is 2.36. The first-order valence-corrected chi connectivity index (χ1v) is 5.74. The smallest absolute Gasteiger partial charge is 0.181 e. The average molecular weight is 230 g/mol. The number of piperazine rings is 1. The average Bonchev–Trinajstić information content (AvgIpc) is 2.94. The molecule has 6 nitrogen and oxygen atoms in total. The van der Waals surface area contributed by atoms with Gasteiger partial charge in [0.05, 0.1) is 0 Å². The molecule has 0 bridgehead atoms. The van der Waals surface area contributed by atoms with Crippen LogP contribution < -0.4 is 10.2 Å². The maximum Gasteiger partial charge on any atom is 0.181 e. The molecule has 2 N–H and O–H groups in total. The molecule has 1 aromatic heterocycles. The number of hydrogen-bond acceptors (Lipinski definition) is 5. The summed E-state index contributed by atoms with van der Waals surface area (Å²) in [6.45, 7) is 4.06. The van der Waals surface area contributed by atoms with Crippen LogP contribution in [-0.4, -0.2) is 46.8 Å². The zero-order valence-corrected chi connectivity index (χ0v) is 9.43. The second kappa shape index (κ2) is 4.50. The Balaban J connectivity index is 1.98. The molecular formula is C11H14N6. The van der Waals surface area contributed by atoms with Crippen molar-refractivity contribution in [2.45, 2.75) is 0 Å². The standard InChI is InChI=1S/C11H14N6/c1-2-4-10(17-7-5-12-6-8-17)9(3-1)11-13-15-16-14-11/h1-4,12H,5-8H2,(H,13,14,15,16). The molecule has 0 unspecified atom stereocenters. The van der Waals surface area contributed by atoms with Crippen molar-refractivity contribution in [1.29, 1.82) is 0 Å². The number of nitrogens with one attached hydrogen (secondary N) is 2. The summed E-state index contributed by atoms with van der Waals surface area (Å²) in [5, 5.41) is 17.4. The highest BCUT2D eigenvalue weighted by Crippen LogP contribution is 2.27. The van der Waals surface area contributed by atoms with Gasteiger partial charge < -0.3 is 10.2 Å². The van der Waals surface area contributed by atoms with Gasteiger partial charge >= 0.3 is 0 Å². The lowest BCUT2D eigenvalue weighted by Crippen LogP contribution is -2.43. The Labute approximate surface area is 99.0 Å². The minimum atomic E-state index is 0.721. The topological polar surface area (TPSA) is 69.7 Å². The molecule has 2 heterocycles. The highest BCUT2D eigenvalue weighted by Gasteiger charge is 2.15. The maximum atomic E-state index is 3.98. The molecule has 1 aliphatic rings. The predicted octanol–water partition coefficient (Wildman–Crippen LogP) is 0.276. The van der Waals surface area contributed by atoms with Crippen molar-refractivity contribution in [2.75, 3.05) is 31.1 Å². The van der Waals surface area contributed by atoms with Crippen molar-refractivity contribution < 1.29 is 0 Å². The van der Waals surface area contributed by atoms with Crippen molar-refractivity contribution in [3.05, 3.63) is 24.3 Å². The fourth-order valence-corrected chi connectivity index (χ4v) is 2.13. The monoisotopic (exact) mass is 230 g/mol. The largest absolute Gasteiger partial charge is 0.368 e. The SMILES string of the molecule is c1ccc(N2CCNCC2)c(-c2nnn[nH]2)c1. The number of anilines is 1. The van der Waals surface area contributed by atoms with Gasteiger partial charge in [0.1, 0.15) is 0 Å². The van der Waals surface area contributed by atoms with E-state index in [0.717, 1.165) is 37.6 Å². The number of aromatic nitrogens is 4. The van der Waals surface area contributed by atoms with E-state index in [2.05, 4.69) is 36.9 Å². The van der Waals surface area contributed by atoms with Crippen LogP contribution in [0, 0.1) is 0 Å². The molecule has 0 radical (unpaired) electrons. The zero-order valence-electron chi connectivity index (χ0n) is 9.43. The van der Waals surface area contributed by atoms with Gasteiger partial charge in [-0.25, -0.2) is 5.10 Å². The van der Waals surface area contributed by atoms with Crippen LogP contribution in [0.15, 0.2) is 24.3 Å². The summed E-state index contributed by atoms with van der Waals surface area (Å²) in [7, 11) is 0. The van der Waals surface area contributed by atoms with Crippen molar-refractivity contribution in [1.82, 2.24) is 25.9 Å². The third-order valence-electron chi connectivity index (χ3n) is 2.96. The molecule has 0 aliphatic carbocycles. The van der Waals surface area contributed by atoms with E-state index in [0.29, 0.717) is 0 Å². The Morgan fingerprint density at radius 1 is 1.12 bits per heavy atom. The summed E-state index contributed by atoms with van der Waals surface area (Å²) in [5.74, 6) is 0.721. The zero-order chi connectivity index (χ0) is 11.5. The van der Waals surface area contributed by atoms with Gasteiger partial charge in [-0.15, -0.1) is 5.10 Å². The van der Waals surface area contributed by atoms with Crippen LogP contribution in [0.4, 0.5) is 5.69 Å². The number of tetrazole rings is 1. The molecule has 0 amide bonds. The van der Waals surface area contributed by atoms with Crippen molar-refractivity contribution >= 4 is 5.69 Å². The van der Waals surface area contributed by atoms with Crippen LogP contribution in [0.2, 0.25) is 0 Å². The van der Waals surface area contributed by atoms with Crippen molar-refractivity contribution in [3.8, 4) is 11.4 Å². The Bertz CT molecular complexity index is 474. The highest BCUT2D eigenvalue weighted by atomic mass is 15.5. The quantitative estimate of drug-likeness (QED) is 0.775. The molecule has 0 spiro atoms. The van der Waals surface area contributed by atoms with Gasteiger partial charge in [-0.1, -0.05) is 12.1 Å². The van der Waals surface area contributed by atoms with Crippen LogP contribution in [0.3, 0.4) is 0 Å². The molecule has 0 saturated carbocycles. The van der Waals surface area contributed by atoms with Crippen LogP contribution in [0.5, 0.6) is 0 Å². The Hall–Kier alpha value is -1.95. The Morgan fingerprint density at radius 2 is 1.94 bits per heavy atom. The molecule has 17 heavy (non-hydrogen) atoms. The van der Waals surface area contributed by atoms with E-state index in [1.54, 1.807) is 0 Å². The summed E-state index contributed by atoms with van der Waals surface area (Å²) < 4.78 is 0. The number of benzene rings is 1. The van der Waals surface area contributed by atoms with Crippen LogP contribution in [0.1, 0.15) is 0 Å². The molecule has 0 atom stereocenters. The molecule has 2 aromatic rings. The molecule has 88 valence electrons. The van der Waals surface area contributed by atoms with Gasteiger partial charge in [-0.05, 0) is 22.6 Å². The first-order valence-electron chi connectivity index (χ1n) is 5.74. The number of hydrogen-bond donors (Lipinski definition) is 2. The Kier molecular flexibility index (Phi) is 2.71. The molecule has 1 aliphatic heterocycles. The lowest BCUT2D eigenvalue weighted by Gasteiger charge is -2.30. The fraction of sp³-hybridized carbons (Fsp3) is 0.364. The first kappa shape index (κ1) is 10.2. The van der Waals surface area contributed by atoms with Crippen molar-refractivity contribution in [3.63, 3.8) is 0 Å². The van der Waals surface area contributed by atoms with Crippen LogP contribution in [-0.2, 0) is 0 Å². The van der Waals surface area contributed by atoms with Gasteiger partial charge in [0, 0.05) is 37.4 Å². The predicted molar refractivity (Wildman–Crippen MR) is 64.7 cm³/mol. The van der Waals surface area contributed by atoms with E-state index >= 15 is 0 Å². The van der Waals surface area contributed by atoms with Crippen LogP contribution in [0.25, 0.3) is 11.4 Å². The highest BCUT2D eigenvalue weighted by molar-refractivity contribution is 5.74. The van der Waals surface area contributed by atoms with Gasteiger partial charge in [0.2, 0.25) is 0 Å². The van der Waals surface area contributed by atoms with Gasteiger partial charge in [-0.3, -0.25) is 0 Å². The van der Waals surface area contributed by atoms with E-state index in [4.69, 9.17) is 0 Å². The lowest BCUT2D eigenvalue weighted by atomic mass is 10.1. The van der Waals surface area contributed by atoms with Gasteiger partial charge in [0.15, 0.2) is 5.82 Å². The first-order chi connectivity index (χ1) is 8.45. The summed E-state index contributed by atoms with van der Waals surface area (Å²) in [5.41, 5.74) is 2.24.